The van der Waals surface area contributed by atoms with Crippen molar-refractivity contribution < 1.29 is 19.1 Å². The van der Waals surface area contributed by atoms with E-state index in [-0.39, 0.29) is 17.9 Å². The van der Waals surface area contributed by atoms with Crippen molar-refractivity contribution in [3.05, 3.63) is 22.4 Å². The van der Waals surface area contributed by atoms with Gasteiger partial charge in [-0.3, -0.25) is 24.6 Å². The molecule has 7 heteroatoms. The van der Waals surface area contributed by atoms with Gasteiger partial charge >= 0.3 is 5.97 Å². The molecule has 1 aromatic rings. The Balaban J connectivity index is 2.10. The molecule has 1 N–H and O–H groups in total. The van der Waals surface area contributed by atoms with Gasteiger partial charge in [0.15, 0.2) is 0 Å². The lowest BCUT2D eigenvalue weighted by Crippen LogP contribution is -2.56. The third kappa shape index (κ3) is 2.29. The van der Waals surface area contributed by atoms with Crippen LogP contribution in [-0.2, 0) is 19.1 Å². The number of hydrogen-bond donors (Lipinski definition) is 1. The van der Waals surface area contributed by atoms with Crippen LogP contribution in [0.1, 0.15) is 37.1 Å². The highest BCUT2D eigenvalue weighted by Crippen LogP contribution is 2.51. The lowest BCUT2D eigenvalue weighted by Gasteiger charge is -2.32. The molecule has 24 heavy (non-hydrogen) atoms. The van der Waals surface area contributed by atoms with Crippen LogP contribution in [0.25, 0.3) is 0 Å². The van der Waals surface area contributed by atoms with Crippen molar-refractivity contribution in [2.75, 3.05) is 14.2 Å². The van der Waals surface area contributed by atoms with Crippen LogP contribution < -0.4 is 5.32 Å². The Kier molecular flexibility index (Phi) is 4.48. The van der Waals surface area contributed by atoms with Crippen molar-refractivity contribution in [3.8, 4) is 0 Å². The summed E-state index contributed by atoms with van der Waals surface area (Å²) in [5.74, 6) is -2.24. The fourth-order valence-corrected chi connectivity index (χ4v) is 4.84. The topological polar surface area (TPSA) is 75.7 Å². The summed E-state index contributed by atoms with van der Waals surface area (Å²) in [6.45, 7) is 2.03. The second kappa shape index (κ2) is 6.29. The van der Waals surface area contributed by atoms with Crippen molar-refractivity contribution in [1.82, 2.24) is 10.2 Å². The molecule has 4 atom stereocenters. The Hall–Kier alpha value is -1.73. The predicted molar refractivity (Wildman–Crippen MR) is 89.2 cm³/mol. The number of unbranched alkanes of at least 4 members (excludes halogenated alkanes) is 1. The highest BCUT2D eigenvalue weighted by atomic mass is 32.1. The highest BCUT2D eigenvalue weighted by Gasteiger charge is 2.67. The van der Waals surface area contributed by atoms with E-state index < -0.39 is 23.3 Å². The monoisotopic (exact) mass is 350 g/mol. The molecule has 0 aliphatic carbocycles. The van der Waals surface area contributed by atoms with Crippen LogP contribution in [0, 0.1) is 11.8 Å². The van der Waals surface area contributed by atoms with Gasteiger partial charge in [0.1, 0.15) is 5.54 Å². The number of methoxy groups -OCH3 is 1. The summed E-state index contributed by atoms with van der Waals surface area (Å²) in [5.41, 5.74) is -1.14. The van der Waals surface area contributed by atoms with Gasteiger partial charge in [0, 0.05) is 11.9 Å². The lowest BCUT2D eigenvalue weighted by molar-refractivity contribution is -0.154. The van der Waals surface area contributed by atoms with Crippen LogP contribution in [-0.4, -0.2) is 42.4 Å². The highest BCUT2D eigenvalue weighted by molar-refractivity contribution is 7.10. The molecule has 2 fully saturated rings. The van der Waals surface area contributed by atoms with Gasteiger partial charge in [-0.15, -0.1) is 11.3 Å². The fraction of sp³-hybridized carbons (Fsp3) is 0.588. The molecule has 0 saturated carbocycles. The molecule has 0 spiro atoms. The molecule has 1 aromatic heterocycles. The molecular weight excluding hydrogens is 328 g/mol. The Morgan fingerprint density at radius 3 is 2.75 bits per heavy atom. The molecule has 3 heterocycles. The molecule has 2 amide bonds. The number of carbonyl (C=O) groups is 3. The van der Waals surface area contributed by atoms with E-state index in [0.717, 1.165) is 17.7 Å². The van der Waals surface area contributed by atoms with E-state index in [9.17, 15) is 14.4 Å². The second-order valence-corrected chi connectivity index (χ2v) is 7.42. The number of carbonyl (C=O) groups excluding carboxylic acids is 3. The maximum atomic E-state index is 12.8. The van der Waals surface area contributed by atoms with Gasteiger partial charge in [0.05, 0.1) is 25.0 Å². The minimum atomic E-state index is -1.14. The molecule has 3 rings (SSSR count). The Morgan fingerprint density at radius 1 is 1.42 bits per heavy atom. The largest absolute Gasteiger partial charge is 0.468 e. The Bertz CT molecular complexity index is 660. The number of nitrogens with one attached hydrogen (secondary N) is 1. The summed E-state index contributed by atoms with van der Waals surface area (Å²) >= 11 is 1.52. The molecule has 130 valence electrons. The van der Waals surface area contributed by atoms with Gasteiger partial charge in [0.25, 0.3) is 0 Å². The Labute approximate surface area is 145 Å². The molecule has 0 aromatic carbocycles. The summed E-state index contributed by atoms with van der Waals surface area (Å²) in [6, 6.07) is 3.50. The number of nitrogens with zero attached hydrogens (tertiary/aromatic N) is 1. The van der Waals surface area contributed by atoms with Crippen LogP contribution in [0.2, 0.25) is 0 Å². The maximum absolute atomic E-state index is 12.8. The average molecular weight is 350 g/mol. The first kappa shape index (κ1) is 17.1. The predicted octanol–water partition coefficient (Wildman–Crippen LogP) is 1.73. The number of esters is 1. The van der Waals surface area contributed by atoms with E-state index in [1.165, 1.54) is 30.4 Å². The van der Waals surface area contributed by atoms with Crippen LogP contribution in [0.15, 0.2) is 17.5 Å². The first-order valence-corrected chi connectivity index (χ1v) is 9.06. The number of fused-ring (bicyclic) bond motifs is 1. The van der Waals surface area contributed by atoms with E-state index in [2.05, 4.69) is 5.32 Å². The van der Waals surface area contributed by atoms with Gasteiger partial charge in [-0.05, 0) is 17.9 Å². The minimum Gasteiger partial charge on any atom is -0.468 e. The summed E-state index contributed by atoms with van der Waals surface area (Å²) in [7, 11) is 2.83. The van der Waals surface area contributed by atoms with Gasteiger partial charge in [0.2, 0.25) is 11.8 Å². The van der Waals surface area contributed by atoms with Crippen molar-refractivity contribution >= 4 is 29.1 Å². The SMILES string of the molecule is CCCCC1(C(=O)OC)NC(c2cccs2)C2C(=O)N(C)C(=O)C21. The number of likely N-dealkylation sites (tertiary alicyclic amines) is 1. The van der Waals surface area contributed by atoms with E-state index in [4.69, 9.17) is 4.74 Å². The van der Waals surface area contributed by atoms with Crippen molar-refractivity contribution in [2.45, 2.75) is 37.8 Å². The molecule has 6 nitrogen and oxygen atoms in total. The van der Waals surface area contributed by atoms with E-state index in [1.54, 1.807) is 0 Å². The van der Waals surface area contributed by atoms with E-state index in [0.29, 0.717) is 6.42 Å². The zero-order chi connectivity index (χ0) is 17.5. The van der Waals surface area contributed by atoms with E-state index in [1.807, 2.05) is 24.4 Å². The molecule has 0 radical (unpaired) electrons. The van der Waals surface area contributed by atoms with E-state index >= 15 is 0 Å². The number of hydrogen-bond acceptors (Lipinski definition) is 6. The molecule has 2 aliphatic heterocycles. The number of rotatable bonds is 5. The van der Waals surface area contributed by atoms with Gasteiger partial charge in [-0.25, -0.2) is 0 Å². The molecule has 0 bridgehead atoms. The molecule has 2 aliphatic rings. The van der Waals surface area contributed by atoms with Crippen LogP contribution in [0.4, 0.5) is 0 Å². The number of thiophene rings is 1. The fourth-order valence-electron chi connectivity index (χ4n) is 4.02. The quantitative estimate of drug-likeness (QED) is 0.646. The van der Waals surface area contributed by atoms with Gasteiger partial charge in [-0.1, -0.05) is 25.8 Å². The number of ether oxygens (including phenoxy) is 1. The van der Waals surface area contributed by atoms with Crippen molar-refractivity contribution in [2.24, 2.45) is 11.8 Å². The van der Waals surface area contributed by atoms with Gasteiger partial charge < -0.3 is 4.74 Å². The summed E-state index contributed by atoms with van der Waals surface area (Å²) < 4.78 is 5.05. The number of amides is 2. The zero-order valence-corrected chi connectivity index (χ0v) is 14.9. The summed E-state index contributed by atoms with van der Waals surface area (Å²) in [4.78, 5) is 40.3. The van der Waals surface area contributed by atoms with Crippen LogP contribution >= 0.6 is 11.3 Å². The first-order valence-electron chi connectivity index (χ1n) is 8.19. The average Bonchev–Trinajstić information content (AvgIpc) is 3.27. The van der Waals surface area contributed by atoms with Crippen LogP contribution in [0.3, 0.4) is 0 Å². The molecule has 2 saturated heterocycles. The lowest BCUT2D eigenvalue weighted by atomic mass is 9.77. The second-order valence-electron chi connectivity index (χ2n) is 6.44. The zero-order valence-electron chi connectivity index (χ0n) is 14.1. The maximum Gasteiger partial charge on any atom is 0.326 e. The summed E-state index contributed by atoms with van der Waals surface area (Å²) in [5, 5.41) is 5.28. The third-order valence-electron chi connectivity index (χ3n) is 5.20. The van der Waals surface area contributed by atoms with Crippen molar-refractivity contribution in [3.63, 3.8) is 0 Å². The molecular formula is C17H22N2O4S. The standard InChI is InChI=1S/C17H22N2O4S/c1-4-5-8-17(16(22)23-3)12-11(14(20)19(2)15(12)21)13(18-17)10-7-6-9-24-10/h6-7,9,11-13,18H,4-5,8H2,1-3H3. The third-order valence-corrected chi connectivity index (χ3v) is 6.15. The smallest absolute Gasteiger partial charge is 0.326 e. The molecule has 4 unspecified atom stereocenters. The first-order chi connectivity index (χ1) is 11.5. The van der Waals surface area contributed by atoms with Crippen molar-refractivity contribution in [1.29, 1.82) is 0 Å². The minimum absolute atomic E-state index is 0.224. The van der Waals surface area contributed by atoms with Gasteiger partial charge in [-0.2, -0.15) is 0 Å². The number of imide groups is 1. The Morgan fingerprint density at radius 2 is 2.17 bits per heavy atom. The normalized spacial score (nSPS) is 32.3. The summed E-state index contributed by atoms with van der Waals surface area (Å²) in [6.07, 6.45) is 2.14. The van der Waals surface area contributed by atoms with Crippen LogP contribution in [0.5, 0.6) is 0 Å².